The van der Waals surface area contributed by atoms with Crippen molar-refractivity contribution in [3.05, 3.63) is 70.7 Å². The van der Waals surface area contributed by atoms with Gasteiger partial charge in [0.05, 0.1) is 12.4 Å². The van der Waals surface area contributed by atoms with Crippen molar-refractivity contribution in [3.8, 4) is 0 Å². The van der Waals surface area contributed by atoms with E-state index in [0.717, 1.165) is 24.0 Å². The maximum atomic E-state index is 12.9. The molecule has 1 atom stereocenters. The Morgan fingerprint density at radius 2 is 1.81 bits per heavy atom. The molecule has 0 amide bonds. The van der Waals surface area contributed by atoms with Crippen molar-refractivity contribution >= 4 is 21.6 Å². The van der Waals surface area contributed by atoms with Crippen LogP contribution < -0.4 is 0 Å². The third kappa shape index (κ3) is 4.65. The van der Waals surface area contributed by atoms with Crippen molar-refractivity contribution in [3.63, 3.8) is 0 Å². The van der Waals surface area contributed by atoms with Crippen molar-refractivity contribution in [1.29, 1.82) is 0 Å². The molecule has 1 aliphatic heterocycles. The minimum absolute atomic E-state index is 0.00743. The number of sulfonamides is 1. The van der Waals surface area contributed by atoms with Gasteiger partial charge in [0.1, 0.15) is 0 Å². The number of piperidine rings is 1. The summed E-state index contributed by atoms with van der Waals surface area (Å²) in [7, 11) is -3.42. The molecule has 3 rings (SSSR count). The number of rotatable bonds is 6. The standard InChI is InChI=1S/C20H24ClNO3S/c21-19-9-4-8-18(12-19)13-20(16-23)10-5-11-22(15-20)26(24,25)14-17-6-2-1-3-7-17/h1-4,6-9,12,23H,5,10-11,13-16H2. The van der Waals surface area contributed by atoms with Crippen molar-refractivity contribution in [2.24, 2.45) is 5.41 Å². The predicted molar refractivity (Wildman–Crippen MR) is 105 cm³/mol. The van der Waals surface area contributed by atoms with E-state index in [0.29, 0.717) is 24.5 Å². The molecule has 1 unspecified atom stereocenters. The monoisotopic (exact) mass is 393 g/mol. The summed E-state index contributed by atoms with van der Waals surface area (Å²) in [6, 6.07) is 16.8. The van der Waals surface area contributed by atoms with Crippen LogP contribution in [0, 0.1) is 5.41 Å². The fourth-order valence-electron chi connectivity index (χ4n) is 3.69. The minimum Gasteiger partial charge on any atom is -0.396 e. The normalized spacial score (nSPS) is 21.6. The Balaban J connectivity index is 1.78. The van der Waals surface area contributed by atoms with E-state index in [4.69, 9.17) is 11.6 Å². The van der Waals surface area contributed by atoms with Crippen LogP contribution >= 0.6 is 11.6 Å². The Bertz CT molecular complexity index is 841. The van der Waals surface area contributed by atoms with Gasteiger partial charge in [-0.15, -0.1) is 0 Å². The van der Waals surface area contributed by atoms with Gasteiger partial charge in [0.2, 0.25) is 10.0 Å². The van der Waals surface area contributed by atoms with E-state index in [9.17, 15) is 13.5 Å². The third-order valence-electron chi connectivity index (χ3n) is 5.02. The topological polar surface area (TPSA) is 57.6 Å². The highest BCUT2D eigenvalue weighted by atomic mass is 35.5. The summed E-state index contributed by atoms with van der Waals surface area (Å²) in [5.74, 6) is -0.00743. The molecule has 140 valence electrons. The highest BCUT2D eigenvalue weighted by molar-refractivity contribution is 7.88. The molecule has 0 saturated carbocycles. The van der Waals surface area contributed by atoms with Crippen LogP contribution in [0.1, 0.15) is 24.0 Å². The molecule has 1 saturated heterocycles. The summed E-state index contributed by atoms with van der Waals surface area (Å²) in [4.78, 5) is 0. The van der Waals surface area contributed by atoms with Crippen LogP contribution in [0.3, 0.4) is 0 Å². The molecule has 0 spiro atoms. The average molecular weight is 394 g/mol. The summed E-state index contributed by atoms with van der Waals surface area (Å²) in [6.07, 6.45) is 2.16. The van der Waals surface area contributed by atoms with Gasteiger partial charge in [-0.3, -0.25) is 0 Å². The molecule has 0 radical (unpaired) electrons. The fraction of sp³-hybridized carbons (Fsp3) is 0.400. The Labute approximate surface area is 160 Å². The van der Waals surface area contributed by atoms with E-state index in [1.165, 1.54) is 0 Å². The van der Waals surface area contributed by atoms with E-state index in [1.807, 2.05) is 54.6 Å². The van der Waals surface area contributed by atoms with Crippen LogP contribution in [0.15, 0.2) is 54.6 Å². The zero-order valence-electron chi connectivity index (χ0n) is 14.6. The number of halogens is 1. The molecule has 0 aliphatic carbocycles. The molecule has 0 aromatic heterocycles. The summed E-state index contributed by atoms with van der Waals surface area (Å²) < 4.78 is 27.3. The lowest BCUT2D eigenvalue weighted by atomic mass is 9.76. The SMILES string of the molecule is O=S(=O)(Cc1ccccc1)N1CCCC(CO)(Cc2cccc(Cl)c2)C1. The smallest absolute Gasteiger partial charge is 0.218 e. The second-order valence-electron chi connectivity index (χ2n) is 7.14. The molecule has 1 heterocycles. The maximum Gasteiger partial charge on any atom is 0.218 e. The molecule has 6 heteroatoms. The first-order chi connectivity index (χ1) is 12.4. The molecular weight excluding hydrogens is 370 g/mol. The molecule has 2 aromatic rings. The first-order valence-corrected chi connectivity index (χ1v) is 10.8. The van der Waals surface area contributed by atoms with E-state index >= 15 is 0 Å². The van der Waals surface area contributed by atoms with Crippen LogP contribution in [-0.4, -0.2) is 37.5 Å². The number of hydrogen-bond donors (Lipinski definition) is 1. The highest BCUT2D eigenvalue weighted by Gasteiger charge is 2.39. The lowest BCUT2D eigenvalue weighted by molar-refractivity contribution is 0.0644. The van der Waals surface area contributed by atoms with Crippen LogP contribution in [0.25, 0.3) is 0 Å². The zero-order chi connectivity index (χ0) is 18.6. The van der Waals surface area contributed by atoms with Gasteiger partial charge in [-0.1, -0.05) is 54.1 Å². The molecule has 0 bridgehead atoms. The van der Waals surface area contributed by atoms with Gasteiger partial charge in [-0.05, 0) is 42.5 Å². The molecular formula is C20H24ClNO3S. The van der Waals surface area contributed by atoms with Crippen LogP contribution in [0.4, 0.5) is 0 Å². The van der Waals surface area contributed by atoms with Crippen LogP contribution in [0.5, 0.6) is 0 Å². The van der Waals surface area contributed by atoms with Crippen molar-refractivity contribution in [2.75, 3.05) is 19.7 Å². The Morgan fingerprint density at radius 1 is 1.08 bits per heavy atom. The zero-order valence-corrected chi connectivity index (χ0v) is 16.2. The molecule has 1 fully saturated rings. The van der Waals surface area contributed by atoms with Gasteiger partial charge in [-0.2, -0.15) is 0 Å². The number of hydrogen-bond acceptors (Lipinski definition) is 3. The third-order valence-corrected chi connectivity index (χ3v) is 7.05. The molecule has 1 aliphatic rings. The quantitative estimate of drug-likeness (QED) is 0.817. The van der Waals surface area contributed by atoms with Gasteiger partial charge in [0.25, 0.3) is 0 Å². The fourth-order valence-corrected chi connectivity index (χ4v) is 5.57. The van der Waals surface area contributed by atoms with Gasteiger partial charge in [0, 0.05) is 23.5 Å². The largest absolute Gasteiger partial charge is 0.396 e. The minimum atomic E-state index is -3.42. The van der Waals surface area contributed by atoms with E-state index < -0.39 is 15.4 Å². The van der Waals surface area contributed by atoms with E-state index in [-0.39, 0.29) is 12.4 Å². The molecule has 26 heavy (non-hydrogen) atoms. The second kappa shape index (κ2) is 8.09. The van der Waals surface area contributed by atoms with Crippen LogP contribution in [0.2, 0.25) is 5.02 Å². The second-order valence-corrected chi connectivity index (χ2v) is 9.55. The Hall–Kier alpha value is -1.40. The lowest BCUT2D eigenvalue weighted by Crippen LogP contribution is -2.49. The van der Waals surface area contributed by atoms with E-state index in [1.54, 1.807) is 4.31 Å². The first-order valence-electron chi connectivity index (χ1n) is 8.80. The Morgan fingerprint density at radius 3 is 2.50 bits per heavy atom. The molecule has 1 N–H and O–H groups in total. The summed E-state index contributed by atoms with van der Waals surface area (Å²) in [6.45, 7) is 0.800. The number of aliphatic hydroxyl groups excluding tert-OH is 1. The van der Waals surface area contributed by atoms with Crippen molar-refractivity contribution in [2.45, 2.75) is 25.0 Å². The first kappa shape index (κ1) is 19.4. The average Bonchev–Trinajstić information content (AvgIpc) is 2.62. The summed E-state index contributed by atoms with van der Waals surface area (Å²) >= 11 is 6.07. The van der Waals surface area contributed by atoms with Crippen molar-refractivity contribution < 1.29 is 13.5 Å². The van der Waals surface area contributed by atoms with Gasteiger partial charge >= 0.3 is 0 Å². The van der Waals surface area contributed by atoms with Crippen LogP contribution in [-0.2, 0) is 22.2 Å². The number of benzene rings is 2. The van der Waals surface area contributed by atoms with Crippen molar-refractivity contribution in [1.82, 2.24) is 4.31 Å². The predicted octanol–water partition coefficient (Wildman–Crippen LogP) is 3.49. The lowest BCUT2D eigenvalue weighted by Gasteiger charge is -2.41. The molecule has 2 aromatic carbocycles. The highest BCUT2D eigenvalue weighted by Crippen LogP contribution is 2.35. The van der Waals surface area contributed by atoms with Gasteiger partial charge in [0.15, 0.2) is 0 Å². The summed E-state index contributed by atoms with van der Waals surface area (Å²) in [5, 5.41) is 10.7. The number of nitrogens with zero attached hydrogens (tertiary/aromatic N) is 1. The van der Waals surface area contributed by atoms with Gasteiger partial charge in [-0.25, -0.2) is 12.7 Å². The Kier molecular flexibility index (Phi) is 6.03. The summed E-state index contributed by atoms with van der Waals surface area (Å²) in [5.41, 5.74) is 1.34. The maximum absolute atomic E-state index is 12.9. The van der Waals surface area contributed by atoms with E-state index in [2.05, 4.69) is 0 Å². The number of aliphatic hydroxyl groups is 1. The van der Waals surface area contributed by atoms with Gasteiger partial charge < -0.3 is 5.11 Å². The molecule has 4 nitrogen and oxygen atoms in total.